The lowest BCUT2D eigenvalue weighted by atomic mass is 10.1. The molecule has 0 unspecified atom stereocenters. The number of hydrogen-bond acceptors (Lipinski definition) is 5. The first-order valence-electron chi connectivity index (χ1n) is 11.2. The van der Waals surface area contributed by atoms with E-state index in [4.69, 9.17) is 32.7 Å². The fourth-order valence-corrected chi connectivity index (χ4v) is 4.77. The Kier molecular flexibility index (Phi) is 8.41. The number of hydrogen-bond donors (Lipinski definition) is 1. The zero-order chi connectivity index (χ0) is 26.7. The Morgan fingerprint density at radius 1 is 1.03 bits per heavy atom. The Hall–Kier alpha value is -3.08. The van der Waals surface area contributed by atoms with Crippen LogP contribution >= 0.6 is 45.8 Å². The summed E-state index contributed by atoms with van der Waals surface area (Å²) >= 11 is 14.3. The van der Waals surface area contributed by atoms with Gasteiger partial charge in [-0.15, -0.1) is 0 Å². The van der Waals surface area contributed by atoms with Gasteiger partial charge in [0, 0.05) is 10.0 Å². The number of urea groups is 1. The van der Waals surface area contributed by atoms with Gasteiger partial charge in [-0.2, -0.15) is 0 Å². The number of rotatable bonds is 7. The van der Waals surface area contributed by atoms with E-state index in [1.165, 1.54) is 6.08 Å². The first kappa shape index (κ1) is 27.0. The standard InChI is InChI=1S/C27H21Cl2IN2O5/c1-3-36-23-13-17(12-21(30)24(23)37-14-16-7-9-18(28)10-8-16)11-19-25(33)31-27(35)32(26(19)34)22-6-4-5-20(29)15(22)2/h4-13H,3,14H2,1-2H3,(H,31,33,35)/b19-11+. The number of nitrogens with zero attached hydrogens (tertiary/aromatic N) is 1. The van der Waals surface area contributed by atoms with Crippen molar-refractivity contribution in [3.05, 3.63) is 90.5 Å². The van der Waals surface area contributed by atoms with Crippen LogP contribution in [0.2, 0.25) is 10.0 Å². The maximum absolute atomic E-state index is 13.3. The van der Waals surface area contributed by atoms with Crippen LogP contribution in [-0.2, 0) is 16.2 Å². The van der Waals surface area contributed by atoms with Gasteiger partial charge in [0.25, 0.3) is 11.8 Å². The largest absolute Gasteiger partial charge is 0.490 e. The van der Waals surface area contributed by atoms with Gasteiger partial charge in [0.15, 0.2) is 11.5 Å². The Labute approximate surface area is 237 Å². The minimum atomic E-state index is -0.840. The third-order valence-electron chi connectivity index (χ3n) is 5.52. The van der Waals surface area contributed by atoms with Crippen molar-refractivity contribution in [3.63, 3.8) is 0 Å². The number of carbonyl (C=O) groups excluding carboxylic acids is 3. The van der Waals surface area contributed by atoms with Crippen LogP contribution in [0.5, 0.6) is 11.5 Å². The molecule has 1 saturated heterocycles. The van der Waals surface area contributed by atoms with E-state index < -0.39 is 17.8 Å². The van der Waals surface area contributed by atoms with Gasteiger partial charge in [0.05, 0.1) is 15.9 Å². The molecule has 4 amide bonds. The molecule has 7 nitrogen and oxygen atoms in total. The van der Waals surface area contributed by atoms with E-state index in [0.29, 0.717) is 55.1 Å². The summed E-state index contributed by atoms with van der Waals surface area (Å²) in [6.07, 6.45) is 1.42. The van der Waals surface area contributed by atoms with Crippen LogP contribution < -0.4 is 19.7 Å². The molecule has 37 heavy (non-hydrogen) atoms. The minimum Gasteiger partial charge on any atom is -0.490 e. The van der Waals surface area contributed by atoms with Crippen LogP contribution in [-0.4, -0.2) is 24.5 Å². The van der Waals surface area contributed by atoms with Crippen LogP contribution in [0.15, 0.2) is 60.2 Å². The second-order valence-corrected chi connectivity index (χ2v) is 10.0. The van der Waals surface area contributed by atoms with Gasteiger partial charge in [-0.05, 0) is 95.6 Å². The van der Waals surface area contributed by atoms with Crippen molar-refractivity contribution >= 4 is 75.4 Å². The smallest absolute Gasteiger partial charge is 0.335 e. The van der Waals surface area contributed by atoms with Crippen LogP contribution in [0, 0.1) is 10.5 Å². The lowest BCUT2D eigenvalue weighted by Crippen LogP contribution is -2.54. The van der Waals surface area contributed by atoms with Crippen LogP contribution in [0.25, 0.3) is 6.08 Å². The zero-order valence-electron chi connectivity index (χ0n) is 19.8. The van der Waals surface area contributed by atoms with Crippen molar-refractivity contribution in [1.82, 2.24) is 5.32 Å². The number of benzene rings is 3. The molecule has 1 aliphatic heterocycles. The average molecular weight is 651 g/mol. The maximum atomic E-state index is 13.3. The van der Waals surface area contributed by atoms with Gasteiger partial charge in [0.1, 0.15) is 12.2 Å². The summed E-state index contributed by atoms with van der Waals surface area (Å²) in [6, 6.07) is 14.8. The number of carbonyl (C=O) groups is 3. The third kappa shape index (κ3) is 5.92. The number of halogens is 3. The fourth-order valence-electron chi connectivity index (χ4n) is 3.69. The molecule has 0 aliphatic carbocycles. The van der Waals surface area contributed by atoms with E-state index in [2.05, 4.69) is 27.9 Å². The lowest BCUT2D eigenvalue weighted by molar-refractivity contribution is -0.122. The molecule has 0 bridgehead atoms. The normalized spacial score (nSPS) is 14.7. The molecule has 10 heteroatoms. The molecular formula is C27H21Cl2IN2O5. The second kappa shape index (κ2) is 11.5. The molecule has 1 aliphatic rings. The van der Waals surface area contributed by atoms with Gasteiger partial charge < -0.3 is 9.47 Å². The van der Waals surface area contributed by atoms with Gasteiger partial charge in [-0.1, -0.05) is 41.4 Å². The summed E-state index contributed by atoms with van der Waals surface area (Å²) in [7, 11) is 0. The first-order valence-corrected chi connectivity index (χ1v) is 13.0. The highest BCUT2D eigenvalue weighted by molar-refractivity contribution is 14.1. The van der Waals surface area contributed by atoms with E-state index in [9.17, 15) is 14.4 Å². The van der Waals surface area contributed by atoms with Crippen molar-refractivity contribution in [2.75, 3.05) is 11.5 Å². The molecule has 0 aromatic heterocycles. The predicted octanol–water partition coefficient (Wildman–Crippen LogP) is 6.55. The third-order valence-corrected chi connectivity index (χ3v) is 6.98. The highest BCUT2D eigenvalue weighted by atomic mass is 127. The number of amides is 4. The van der Waals surface area contributed by atoms with Crippen molar-refractivity contribution in [2.45, 2.75) is 20.5 Å². The van der Waals surface area contributed by atoms with Gasteiger partial charge in [-0.25, -0.2) is 9.69 Å². The first-order chi connectivity index (χ1) is 17.7. The Balaban J connectivity index is 1.67. The molecule has 3 aromatic carbocycles. The summed E-state index contributed by atoms with van der Waals surface area (Å²) in [5.74, 6) is -0.556. The molecule has 190 valence electrons. The summed E-state index contributed by atoms with van der Waals surface area (Å²) in [4.78, 5) is 39.5. The minimum absolute atomic E-state index is 0.202. The van der Waals surface area contributed by atoms with E-state index in [1.54, 1.807) is 49.4 Å². The summed E-state index contributed by atoms with van der Waals surface area (Å²) in [5, 5.41) is 3.26. The predicted molar refractivity (Wildman–Crippen MR) is 151 cm³/mol. The number of barbiturate groups is 1. The monoisotopic (exact) mass is 650 g/mol. The van der Waals surface area contributed by atoms with E-state index in [-0.39, 0.29) is 5.57 Å². The van der Waals surface area contributed by atoms with Crippen LogP contribution in [0.3, 0.4) is 0 Å². The molecule has 0 spiro atoms. The highest BCUT2D eigenvalue weighted by Gasteiger charge is 2.37. The number of anilines is 1. The molecule has 1 heterocycles. The molecule has 3 aromatic rings. The van der Waals surface area contributed by atoms with E-state index in [0.717, 1.165) is 10.5 Å². The highest BCUT2D eigenvalue weighted by Crippen LogP contribution is 2.36. The SMILES string of the molecule is CCOc1cc(/C=C2\C(=O)NC(=O)N(c3cccc(Cl)c3C)C2=O)cc(I)c1OCc1ccc(Cl)cc1. The molecule has 0 atom stereocenters. The molecule has 1 N–H and O–H groups in total. The number of nitrogens with one attached hydrogen (secondary N) is 1. The molecule has 4 rings (SSSR count). The van der Waals surface area contributed by atoms with Gasteiger partial charge in [-0.3, -0.25) is 14.9 Å². The average Bonchev–Trinajstić information content (AvgIpc) is 2.85. The molecule has 1 fully saturated rings. The van der Waals surface area contributed by atoms with Crippen LogP contribution in [0.4, 0.5) is 10.5 Å². The second-order valence-electron chi connectivity index (χ2n) is 8.02. The Bertz CT molecular complexity index is 1420. The quantitative estimate of drug-likeness (QED) is 0.178. The summed E-state index contributed by atoms with van der Waals surface area (Å²) in [6.45, 7) is 4.21. The van der Waals surface area contributed by atoms with Crippen molar-refractivity contribution < 1.29 is 23.9 Å². The van der Waals surface area contributed by atoms with Crippen molar-refractivity contribution in [2.24, 2.45) is 0 Å². The summed E-state index contributed by atoms with van der Waals surface area (Å²) in [5.41, 5.74) is 2.09. The van der Waals surface area contributed by atoms with Gasteiger partial charge >= 0.3 is 6.03 Å². The lowest BCUT2D eigenvalue weighted by Gasteiger charge is -2.27. The van der Waals surface area contributed by atoms with Crippen molar-refractivity contribution in [3.8, 4) is 11.5 Å². The van der Waals surface area contributed by atoms with Crippen molar-refractivity contribution in [1.29, 1.82) is 0 Å². The number of imide groups is 2. The van der Waals surface area contributed by atoms with Gasteiger partial charge in [0.2, 0.25) is 0 Å². The molecule has 0 saturated carbocycles. The molecular weight excluding hydrogens is 630 g/mol. The van der Waals surface area contributed by atoms with Crippen LogP contribution in [0.1, 0.15) is 23.6 Å². The Morgan fingerprint density at radius 2 is 1.76 bits per heavy atom. The fraction of sp³-hybridized carbons (Fsp3) is 0.148. The topological polar surface area (TPSA) is 84.9 Å². The van der Waals surface area contributed by atoms with E-state index in [1.807, 2.05) is 19.1 Å². The number of ether oxygens (including phenoxy) is 2. The zero-order valence-corrected chi connectivity index (χ0v) is 23.5. The van der Waals surface area contributed by atoms with E-state index >= 15 is 0 Å². The maximum Gasteiger partial charge on any atom is 0.335 e. The summed E-state index contributed by atoms with van der Waals surface area (Å²) < 4.78 is 12.6. The Morgan fingerprint density at radius 3 is 2.46 bits per heavy atom. The molecule has 0 radical (unpaired) electrons.